The summed E-state index contributed by atoms with van der Waals surface area (Å²) in [6.45, 7) is 7.80. The average Bonchev–Trinajstić information content (AvgIpc) is 3.28. The van der Waals surface area contributed by atoms with Crippen molar-refractivity contribution in [3.8, 4) is 23.0 Å². The summed E-state index contributed by atoms with van der Waals surface area (Å²) in [6, 6.07) is 42.2. The largest absolute Gasteiger partial charge is 2.00 e. The number of methoxy groups -OCH3 is 4. The van der Waals surface area contributed by atoms with Gasteiger partial charge in [-0.1, -0.05) is 12.1 Å². The quantitative estimate of drug-likeness (QED) is 0.0685. The first kappa shape index (κ1) is 60.7. The van der Waals surface area contributed by atoms with Crippen LogP contribution >= 0.6 is 15.6 Å². The zero-order chi connectivity index (χ0) is 52.7. The van der Waals surface area contributed by atoms with Crippen molar-refractivity contribution in [3.05, 3.63) is 156 Å². The minimum Gasteiger partial charge on any atom is 2.00 e. The van der Waals surface area contributed by atoms with Crippen LogP contribution in [0.5, 0.6) is 23.0 Å². The molecule has 0 atom stereocenters. The van der Waals surface area contributed by atoms with Gasteiger partial charge in [0.1, 0.15) is 23.0 Å². The molecule has 0 spiro atoms. The Balaban J connectivity index is 0.000000380. The average molecular weight is 1100 g/mol. The third-order valence-corrected chi connectivity index (χ3v) is 8.46. The molecule has 6 aromatic rings. The molecule has 4 aromatic carbocycles. The van der Waals surface area contributed by atoms with Gasteiger partial charge in [0.2, 0.25) is 0 Å². The van der Waals surface area contributed by atoms with Crippen LogP contribution in [0.25, 0.3) is 0 Å². The predicted octanol–water partition coefficient (Wildman–Crippen LogP) is 17.5. The predicted molar refractivity (Wildman–Crippen MR) is 255 cm³/mol. The number of rotatable bonds is 12. The summed E-state index contributed by atoms with van der Waals surface area (Å²) in [5, 5.41) is 0. The maximum absolute atomic E-state index is 10.7. The molecule has 0 unspecified atom stereocenters. The summed E-state index contributed by atoms with van der Waals surface area (Å²) >= 11 is 0. The van der Waals surface area contributed by atoms with Crippen molar-refractivity contribution in [1.29, 1.82) is 0 Å². The van der Waals surface area contributed by atoms with E-state index < -0.39 is 15.6 Å². The van der Waals surface area contributed by atoms with Crippen LogP contribution in [0.15, 0.2) is 153 Å². The van der Waals surface area contributed by atoms with Crippen LogP contribution in [0.4, 0.5) is 73.1 Å². The Labute approximate surface area is 411 Å². The molecular weight excluding hydrogens is 1050 g/mol. The number of aliphatic imine (C=N–C) groups is 4. The van der Waals surface area contributed by atoms with Crippen LogP contribution in [-0.2, 0) is 16.8 Å². The zero-order valence-electron chi connectivity index (χ0n) is 38.8. The number of pyridine rings is 2. The van der Waals surface area contributed by atoms with Crippen molar-refractivity contribution in [1.82, 2.24) is 9.97 Å². The Kier molecular flexibility index (Phi) is 19.8. The number of halogens is 12. The molecule has 71 heavy (non-hydrogen) atoms. The van der Waals surface area contributed by atoms with Gasteiger partial charge in [-0.25, -0.2) is 9.97 Å². The Morgan fingerprint density at radius 3 is 0.620 bits per heavy atom. The summed E-state index contributed by atoms with van der Waals surface area (Å²) in [4.78, 5) is 28.1. The smallest absolute Gasteiger partial charge is 2.00 e. The molecule has 0 aliphatic carbocycles. The molecule has 0 amide bonds. The molecule has 0 saturated carbocycles. The van der Waals surface area contributed by atoms with E-state index in [2.05, 4.69) is 20.0 Å². The number of aromatic nitrogens is 2. The van der Waals surface area contributed by atoms with E-state index in [0.717, 1.165) is 91.4 Å². The Hall–Kier alpha value is -6.41. The topological polar surface area (TPSA) is 112 Å². The summed E-state index contributed by atoms with van der Waals surface area (Å²) in [5.74, 6) is 3.23. The van der Waals surface area contributed by atoms with Crippen molar-refractivity contribution in [2.24, 2.45) is 20.0 Å². The van der Waals surface area contributed by atoms with Crippen LogP contribution < -0.4 is 18.9 Å². The van der Waals surface area contributed by atoms with Crippen molar-refractivity contribution < 1.29 is 86.1 Å². The number of ether oxygens (including phenoxy) is 4. The molecule has 387 valence electrons. The van der Waals surface area contributed by atoms with Crippen molar-refractivity contribution in [3.63, 3.8) is 0 Å². The van der Waals surface area contributed by atoms with Crippen LogP contribution in [0, 0.1) is 0 Å². The third kappa shape index (κ3) is 27.5. The van der Waals surface area contributed by atoms with E-state index in [1.54, 1.807) is 28.4 Å². The first-order valence-corrected chi connectivity index (χ1v) is 24.0. The molecule has 10 nitrogen and oxygen atoms in total. The maximum atomic E-state index is 9.87. The molecule has 2 aromatic heterocycles. The van der Waals surface area contributed by atoms with Crippen LogP contribution in [0.3, 0.4) is 0 Å². The van der Waals surface area contributed by atoms with Gasteiger partial charge in [0.05, 0.1) is 96.8 Å². The first-order valence-electron chi connectivity index (χ1n) is 19.9. The molecule has 25 heteroatoms. The van der Waals surface area contributed by atoms with Gasteiger partial charge in [0.15, 0.2) is 0 Å². The van der Waals surface area contributed by atoms with Crippen LogP contribution in [0.1, 0.15) is 50.5 Å². The molecule has 2 heterocycles. The van der Waals surface area contributed by atoms with Gasteiger partial charge >= 0.3 is 82.8 Å². The zero-order valence-corrected chi connectivity index (χ0v) is 41.6. The molecular formula is C46H46CoF12N6O4P2. The van der Waals surface area contributed by atoms with E-state index in [1.165, 1.54) is 0 Å². The number of benzene rings is 4. The monoisotopic (exact) mass is 1100 g/mol. The Morgan fingerprint density at radius 1 is 0.324 bits per heavy atom. The molecule has 0 fully saturated rings. The van der Waals surface area contributed by atoms with Crippen LogP contribution in [-0.4, -0.2) is 61.3 Å². The molecule has 0 bridgehead atoms. The minimum atomic E-state index is -10.7. The van der Waals surface area contributed by atoms with Crippen molar-refractivity contribution >= 4 is 61.2 Å². The van der Waals surface area contributed by atoms with Gasteiger partial charge in [-0.15, -0.1) is 0 Å². The van der Waals surface area contributed by atoms with E-state index >= 15 is 0 Å². The number of hydrogen-bond donors (Lipinski definition) is 0. The molecule has 0 aliphatic heterocycles. The minimum absolute atomic E-state index is 0. The summed E-state index contributed by atoms with van der Waals surface area (Å²) in [7, 11) is -14.7. The van der Waals surface area contributed by atoms with E-state index in [1.807, 2.05) is 161 Å². The fourth-order valence-electron chi connectivity index (χ4n) is 5.31. The van der Waals surface area contributed by atoms with E-state index in [4.69, 9.17) is 28.9 Å². The van der Waals surface area contributed by atoms with Gasteiger partial charge in [0, 0.05) is 0 Å². The fourth-order valence-corrected chi connectivity index (χ4v) is 5.31. The normalized spacial score (nSPS) is 14.0. The fraction of sp³-hybridized carbons (Fsp3) is 0.174. The van der Waals surface area contributed by atoms with Gasteiger partial charge in [0.25, 0.3) is 0 Å². The Morgan fingerprint density at radius 2 is 0.479 bits per heavy atom. The van der Waals surface area contributed by atoms with Gasteiger partial charge in [-0.3, -0.25) is 20.0 Å². The molecule has 1 radical (unpaired) electrons. The first-order chi connectivity index (χ1) is 32.1. The summed E-state index contributed by atoms with van der Waals surface area (Å²) < 4.78 is 139. The standard InChI is InChI=1S/2C23H23N3O2.Co.2F6P/c2*1-16(24-18-8-12-20(27-3)13-9-18)22-6-5-7-23(26-22)17(2)25-19-10-14-21(28-4)15-11-19;;2*1-7(2,3,4,5)6/h2*5-15H,1-4H3;;;/q;;+2;2*-1. The second kappa shape index (κ2) is 23.2. The van der Waals surface area contributed by atoms with E-state index in [0.29, 0.717) is 0 Å². The molecule has 6 rings (SSSR count). The Bertz CT molecular complexity index is 2450. The molecule has 0 aliphatic rings. The van der Waals surface area contributed by atoms with Gasteiger partial charge < -0.3 is 18.9 Å². The van der Waals surface area contributed by atoms with E-state index in [-0.39, 0.29) is 16.8 Å². The summed E-state index contributed by atoms with van der Waals surface area (Å²) in [6.07, 6.45) is 0. The van der Waals surface area contributed by atoms with Gasteiger partial charge in [-0.2, -0.15) is 0 Å². The van der Waals surface area contributed by atoms with Crippen molar-refractivity contribution in [2.45, 2.75) is 27.7 Å². The second-order valence-corrected chi connectivity index (χ2v) is 18.1. The number of hydrogen-bond acceptors (Lipinski definition) is 10. The molecule has 0 saturated heterocycles. The number of nitrogens with zero attached hydrogens (tertiary/aromatic N) is 6. The van der Waals surface area contributed by atoms with E-state index in [9.17, 15) is 50.4 Å². The third-order valence-electron chi connectivity index (χ3n) is 8.46. The second-order valence-electron chi connectivity index (χ2n) is 14.3. The maximum Gasteiger partial charge on any atom is 2.00 e. The summed E-state index contributed by atoms with van der Waals surface area (Å²) in [5.41, 5.74) is 10.0. The van der Waals surface area contributed by atoms with Crippen LogP contribution in [0.2, 0.25) is 0 Å². The van der Waals surface area contributed by atoms with Crippen molar-refractivity contribution in [2.75, 3.05) is 28.4 Å². The molecule has 0 N–H and O–H groups in total. The SMILES string of the molecule is COc1ccc(N=C(C)c2cccc(C(C)=Nc3ccc(OC)cc3)n2)cc1.COc1ccc(N=C(C)c2cccc(C(C)=Nc3ccc(OC)cc3)n2)cc1.F[P-](F)(F)(F)(F)F.F[P-](F)(F)(F)(F)F.[Co+2]. The van der Waals surface area contributed by atoms with Gasteiger partial charge in [-0.05, 0) is 149 Å².